The molecule has 1 amide bonds. The van der Waals surface area contributed by atoms with E-state index in [-0.39, 0.29) is 30.7 Å². The number of carbonyl (C=O) groups is 1. The van der Waals surface area contributed by atoms with Crippen molar-refractivity contribution in [2.45, 2.75) is 76.4 Å². The second-order valence-corrected chi connectivity index (χ2v) is 11.1. The van der Waals surface area contributed by atoms with Gasteiger partial charge in [0.1, 0.15) is 17.2 Å². The predicted molar refractivity (Wildman–Crippen MR) is 144 cm³/mol. The molecule has 9 nitrogen and oxygen atoms in total. The SMILES string of the molecule is CC1=CN=C(n2nc(C3CCN(C4CCC(C(F)(F)F)CC4)CC3)cc2NC(=O)c2cnn3cccnc23)CC1. The van der Waals surface area contributed by atoms with Crippen molar-refractivity contribution in [2.24, 2.45) is 10.9 Å². The number of nitrogens with one attached hydrogen (secondary N) is 1. The van der Waals surface area contributed by atoms with Crippen molar-refractivity contribution in [1.29, 1.82) is 0 Å². The first-order valence-electron chi connectivity index (χ1n) is 14.0. The Kier molecular flexibility index (Phi) is 7.20. The van der Waals surface area contributed by atoms with Crippen LogP contribution in [-0.2, 0) is 0 Å². The molecule has 40 heavy (non-hydrogen) atoms. The highest BCUT2D eigenvalue weighted by Gasteiger charge is 2.42. The lowest BCUT2D eigenvalue weighted by Gasteiger charge is -2.40. The maximum Gasteiger partial charge on any atom is 0.391 e. The van der Waals surface area contributed by atoms with Gasteiger partial charge in [-0.3, -0.25) is 4.79 Å². The highest BCUT2D eigenvalue weighted by Crippen LogP contribution is 2.40. The van der Waals surface area contributed by atoms with E-state index in [9.17, 15) is 18.0 Å². The third-order valence-corrected chi connectivity index (χ3v) is 8.54. The smallest absolute Gasteiger partial charge is 0.306 e. The Bertz CT molecular complexity index is 1440. The molecule has 3 aliphatic rings. The minimum absolute atomic E-state index is 0.194. The van der Waals surface area contributed by atoms with E-state index in [0.717, 1.165) is 43.9 Å². The zero-order chi connectivity index (χ0) is 27.9. The molecule has 0 spiro atoms. The molecule has 5 heterocycles. The molecule has 12 heteroatoms. The molecular formula is C28H33F3N8O. The molecule has 2 fully saturated rings. The summed E-state index contributed by atoms with van der Waals surface area (Å²) >= 11 is 0. The van der Waals surface area contributed by atoms with Crippen molar-refractivity contribution in [1.82, 2.24) is 29.3 Å². The van der Waals surface area contributed by atoms with E-state index >= 15 is 0 Å². The molecule has 1 saturated carbocycles. The van der Waals surface area contributed by atoms with Crippen LogP contribution in [0.3, 0.4) is 0 Å². The summed E-state index contributed by atoms with van der Waals surface area (Å²) in [7, 11) is 0. The van der Waals surface area contributed by atoms with E-state index < -0.39 is 12.1 Å². The van der Waals surface area contributed by atoms with Crippen molar-refractivity contribution < 1.29 is 18.0 Å². The number of hydrogen-bond acceptors (Lipinski definition) is 6. The van der Waals surface area contributed by atoms with Gasteiger partial charge in [0.25, 0.3) is 5.91 Å². The number of piperidine rings is 1. The quantitative estimate of drug-likeness (QED) is 0.465. The van der Waals surface area contributed by atoms with Crippen molar-refractivity contribution >= 4 is 23.2 Å². The molecule has 0 radical (unpaired) electrons. The zero-order valence-corrected chi connectivity index (χ0v) is 22.4. The number of aromatic nitrogens is 5. The summed E-state index contributed by atoms with van der Waals surface area (Å²) in [6, 6.07) is 3.90. The molecule has 0 bridgehead atoms. The van der Waals surface area contributed by atoms with Gasteiger partial charge in [-0.1, -0.05) is 5.57 Å². The molecule has 3 aromatic heterocycles. The van der Waals surface area contributed by atoms with Gasteiger partial charge in [0, 0.05) is 43.0 Å². The van der Waals surface area contributed by atoms with Crippen molar-refractivity contribution in [3.05, 3.63) is 53.8 Å². The van der Waals surface area contributed by atoms with E-state index in [1.54, 1.807) is 27.7 Å². The molecule has 1 saturated heterocycles. The normalized spacial score (nSPS) is 23.2. The fourth-order valence-electron chi connectivity index (χ4n) is 6.17. The van der Waals surface area contributed by atoms with E-state index in [0.29, 0.717) is 36.3 Å². The third kappa shape index (κ3) is 5.41. The maximum absolute atomic E-state index is 13.3. The van der Waals surface area contributed by atoms with E-state index in [4.69, 9.17) is 5.10 Å². The van der Waals surface area contributed by atoms with Gasteiger partial charge in [0.2, 0.25) is 0 Å². The average Bonchev–Trinajstić information content (AvgIpc) is 3.58. The Morgan fingerprint density at radius 3 is 2.55 bits per heavy atom. The Balaban J connectivity index is 1.18. The molecule has 1 aliphatic carbocycles. The lowest BCUT2D eigenvalue weighted by Crippen LogP contribution is -2.44. The van der Waals surface area contributed by atoms with Crippen LogP contribution in [0.4, 0.5) is 19.0 Å². The second kappa shape index (κ2) is 10.8. The van der Waals surface area contributed by atoms with Crippen LogP contribution >= 0.6 is 0 Å². The minimum Gasteiger partial charge on any atom is -0.306 e. The summed E-state index contributed by atoms with van der Waals surface area (Å²) in [5.74, 6) is 0.0317. The Labute approximate surface area is 230 Å². The zero-order valence-electron chi connectivity index (χ0n) is 22.4. The number of likely N-dealkylation sites (tertiary alicyclic amines) is 1. The highest BCUT2D eigenvalue weighted by atomic mass is 19.4. The van der Waals surface area contributed by atoms with Gasteiger partial charge in [0.15, 0.2) is 5.65 Å². The van der Waals surface area contributed by atoms with Gasteiger partial charge in [-0.05, 0) is 71.0 Å². The number of allylic oxidation sites excluding steroid dienone is 1. The summed E-state index contributed by atoms with van der Waals surface area (Å²) in [5, 5.41) is 12.2. The fraction of sp³-hybridized carbons (Fsp3) is 0.536. The topological polar surface area (TPSA) is 92.7 Å². The molecule has 0 atom stereocenters. The van der Waals surface area contributed by atoms with Crippen molar-refractivity contribution in [2.75, 3.05) is 18.4 Å². The number of amides is 1. The molecule has 0 unspecified atom stereocenters. The van der Waals surface area contributed by atoms with Crippen LogP contribution in [0, 0.1) is 5.92 Å². The lowest BCUT2D eigenvalue weighted by atomic mass is 9.83. The Hall–Kier alpha value is -3.54. The van der Waals surface area contributed by atoms with Crippen LogP contribution < -0.4 is 5.32 Å². The average molecular weight is 555 g/mol. The number of rotatable bonds is 4. The van der Waals surface area contributed by atoms with Crippen LogP contribution in [0.25, 0.3) is 5.65 Å². The number of fused-ring (bicyclic) bond motifs is 1. The number of carbonyl (C=O) groups excluding carboxylic acids is 1. The van der Waals surface area contributed by atoms with Gasteiger partial charge in [-0.2, -0.15) is 23.4 Å². The molecule has 3 aromatic rings. The van der Waals surface area contributed by atoms with Gasteiger partial charge in [-0.15, -0.1) is 0 Å². The number of nitrogens with zero attached hydrogens (tertiary/aromatic N) is 7. The summed E-state index contributed by atoms with van der Waals surface area (Å²) in [4.78, 5) is 24.5. The third-order valence-electron chi connectivity index (χ3n) is 8.54. The highest BCUT2D eigenvalue weighted by molar-refractivity contribution is 6.08. The van der Waals surface area contributed by atoms with Crippen LogP contribution in [-0.4, -0.2) is 66.3 Å². The molecule has 1 N–H and O–H groups in total. The van der Waals surface area contributed by atoms with Gasteiger partial charge >= 0.3 is 6.18 Å². The Morgan fingerprint density at radius 2 is 1.85 bits per heavy atom. The number of anilines is 1. The minimum atomic E-state index is -4.08. The first-order chi connectivity index (χ1) is 19.3. The molecule has 0 aromatic carbocycles. The van der Waals surface area contributed by atoms with Crippen LogP contribution in [0.15, 0.2) is 47.5 Å². The first-order valence-corrected chi connectivity index (χ1v) is 14.0. The number of halogens is 3. The number of hydrogen-bond donors (Lipinski definition) is 1. The van der Waals surface area contributed by atoms with Crippen molar-refractivity contribution in [3.63, 3.8) is 0 Å². The first kappa shape index (κ1) is 26.7. The largest absolute Gasteiger partial charge is 0.391 e. The van der Waals surface area contributed by atoms with Crippen LogP contribution in [0.1, 0.15) is 80.3 Å². The van der Waals surface area contributed by atoms with Crippen LogP contribution in [0.5, 0.6) is 0 Å². The molecule has 212 valence electrons. The van der Waals surface area contributed by atoms with Crippen molar-refractivity contribution in [3.8, 4) is 0 Å². The number of alkyl halides is 3. The fourth-order valence-corrected chi connectivity index (χ4v) is 6.17. The predicted octanol–water partition coefficient (Wildman–Crippen LogP) is 5.42. The summed E-state index contributed by atoms with van der Waals surface area (Å²) < 4.78 is 42.6. The maximum atomic E-state index is 13.3. The monoisotopic (exact) mass is 554 g/mol. The molecular weight excluding hydrogens is 521 g/mol. The van der Waals surface area contributed by atoms with Gasteiger partial charge in [0.05, 0.1) is 17.8 Å². The van der Waals surface area contributed by atoms with E-state index in [1.807, 2.05) is 19.2 Å². The summed E-state index contributed by atoms with van der Waals surface area (Å²) in [5.41, 5.74) is 2.92. The Morgan fingerprint density at radius 1 is 1.07 bits per heavy atom. The summed E-state index contributed by atoms with van der Waals surface area (Å²) in [6.07, 6.45) is 7.59. The van der Waals surface area contributed by atoms with E-state index in [2.05, 4.69) is 25.3 Å². The standard InChI is InChI=1S/C28H33F3N8O/c1-18-3-8-24(33-16-18)39-25(35-27(40)22-17-34-38-12-2-11-32-26(22)38)15-23(36-39)19-9-13-37(14-10-19)21-6-4-20(5-7-21)28(29,30)31/h2,11-12,15-17,19-21H,3-10,13-14H2,1H3,(H,35,40). The van der Waals surface area contributed by atoms with E-state index in [1.165, 1.54) is 11.8 Å². The molecule has 6 rings (SSSR count). The molecule has 2 aliphatic heterocycles. The lowest BCUT2D eigenvalue weighted by molar-refractivity contribution is -0.184. The van der Waals surface area contributed by atoms with Gasteiger partial charge < -0.3 is 10.2 Å². The summed E-state index contributed by atoms with van der Waals surface area (Å²) in [6.45, 7) is 3.70. The number of aliphatic imine (C=N–C) groups is 1. The van der Waals surface area contributed by atoms with Gasteiger partial charge in [-0.25, -0.2) is 19.2 Å². The van der Waals surface area contributed by atoms with Crippen LogP contribution in [0.2, 0.25) is 0 Å². The second-order valence-electron chi connectivity index (χ2n) is 11.1.